The molecule has 3 rings (SSSR count). The summed E-state index contributed by atoms with van der Waals surface area (Å²) in [6.45, 7) is 1.32. The molecule has 1 N–H and O–H groups in total. The summed E-state index contributed by atoms with van der Waals surface area (Å²) in [6, 6.07) is 4.39. The molecule has 0 saturated carbocycles. The van der Waals surface area contributed by atoms with Gasteiger partial charge in [0.2, 0.25) is 0 Å². The van der Waals surface area contributed by atoms with Crippen molar-refractivity contribution in [1.29, 1.82) is 0 Å². The molecule has 96 valence electrons. The van der Waals surface area contributed by atoms with Crippen LogP contribution in [0.5, 0.6) is 0 Å². The summed E-state index contributed by atoms with van der Waals surface area (Å²) in [5.74, 6) is 1.03. The van der Waals surface area contributed by atoms with Gasteiger partial charge < -0.3 is 14.4 Å². The smallest absolute Gasteiger partial charge is 0.139 e. The Morgan fingerprint density at radius 3 is 3.28 bits per heavy atom. The topological polar surface area (TPSA) is 49.5 Å². The van der Waals surface area contributed by atoms with Gasteiger partial charge in [0, 0.05) is 25.4 Å². The van der Waals surface area contributed by atoms with Gasteiger partial charge in [-0.1, -0.05) is 0 Å². The number of aromatic nitrogens is 1. The predicted octanol–water partition coefficient (Wildman–Crippen LogP) is 2.57. The van der Waals surface area contributed by atoms with Crippen LogP contribution in [-0.4, -0.2) is 29.3 Å². The summed E-state index contributed by atoms with van der Waals surface area (Å²) in [5.41, 5.74) is 0.896. The Hall–Kier alpha value is -1.55. The van der Waals surface area contributed by atoms with Gasteiger partial charge in [0.15, 0.2) is 0 Å². The van der Waals surface area contributed by atoms with E-state index in [0.29, 0.717) is 6.04 Å². The van der Waals surface area contributed by atoms with Crippen LogP contribution in [0.25, 0.3) is 11.0 Å². The van der Waals surface area contributed by atoms with Gasteiger partial charge in [-0.2, -0.15) is 0 Å². The van der Waals surface area contributed by atoms with Crippen molar-refractivity contribution in [1.82, 2.24) is 4.98 Å². The predicted molar refractivity (Wildman–Crippen MR) is 70.7 cm³/mol. The molecule has 0 bridgehead atoms. The molecule has 4 nitrogen and oxygen atoms in total. The number of hydrogen-bond acceptors (Lipinski definition) is 4. The Morgan fingerprint density at radius 2 is 2.39 bits per heavy atom. The largest absolute Gasteiger partial charge is 0.464 e. The number of nitrogens with zero attached hydrogens (tertiary/aromatic N) is 2. The molecule has 2 aromatic heterocycles. The van der Waals surface area contributed by atoms with Crippen molar-refractivity contribution in [2.24, 2.45) is 0 Å². The molecule has 1 atom stereocenters. The van der Waals surface area contributed by atoms with Crippen molar-refractivity contribution in [3.8, 4) is 0 Å². The fourth-order valence-corrected chi connectivity index (χ4v) is 2.85. The molecule has 4 heteroatoms. The molecule has 18 heavy (non-hydrogen) atoms. The van der Waals surface area contributed by atoms with Crippen LogP contribution in [0.2, 0.25) is 0 Å². The molecule has 1 saturated heterocycles. The normalized spacial score (nSPS) is 19.8. The lowest BCUT2D eigenvalue weighted by atomic mass is 10.1. The third kappa shape index (κ3) is 1.97. The summed E-state index contributed by atoms with van der Waals surface area (Å²) in [6.07, 6.45) is 7.81. The third-order valence-corrected chi connectivity index (χ3v) is 3.70. The summed E-state index contributed by atoms with van der Waals surface area (Å²) < 4.78 is 5.43. The molecule has 1 unspecified atom stereocenters. The maximum absolute atomic E-state index is 8.97. The molecular formula is C14H18N2O2. The summed E-state index contributed by atoms with van der Waals surface area (Å²) in [5, 5.41) is 10.1. The zero-order valence-electron chi connectivity index (χ0n) is 10.4. The van der Waals surface area contributed by atoms with Crippen LogP contribution in [0.4, 0.5) is 5.82 Å². The van der Waals surface area contributed by atoms with Crippen molar-refractivity contribution in [2.75, 3.05) is 18.1 Å². The highest BCUT2D eigenvalue weighted by Gasteiger charge is 2.26. The van der Waals surface area contributed by atoms with E-state index in [9.17, 15) is 0 Å². The van der Waals surface area contributed by atoms with Crippen LogP contribution < -0.4 is 4.90 Å². The van der Waals surface area contributed by atoms with Gasteiger partial charge in [-0.3, -0.25) is 0 Å². The van der Waals surface area contributed by atoms with Gasteiger partial charge >= 0.3 is 0 Å². The second-order valence-electron chi connectivity index (χ2n) is 4.82. The lowest BCUT2D eigenvalue weighted by Gasteiger charge is -2.26. The van der Waals surface area contributed by atoms with E-state index in [-0.39, 0.29) is 6.61 Å². The van der Waals surface area contributed by atoms with Crippen molar-refractivity contribution < 1.29 is 9.52 Å². The number of hydrogen-bond donors (Lipinski definition) is 1. The highest BCUT2D eigenvalue weighted by atomic mass is 16.3. The molecular weight excluding hydrogens is 228 g/mol. The van der Waals surface area contributed by atoms with Crippen LogP contribution in [0, 0.1) is 0 Å². The number of pyridine rings is 1. The molecule has 1 aliphatic rings. The van der Waals surface area contributed by atoms with Crippen molar-refractivity contribution >= 4 is 16.8 Å². The minimum absolute atomic E-state index is 0.272. The highest BCUT2D eigenvalue weighted by Crippen LogP contribution is 2.32. The first-order valence-electron chi connectivity index (χ1n) is 6.60. The Balaban J connectivity index is 1.90. The van der Waals surface area contributed by atoms with Crippen LogP contribution in [0.3, 0.4) is 0 Å². The molecule has 0 spiro atoms. The van der Waals surface area contributed by atoms with Gasteiger partial charge in [-0.25, -0.2) is 4.98 Å². The number of furan rings is 1. The van der Waals surface area contributed by atoms with Gasteiger partial charge in [-0.05, 0) is 37.8 Å². The molecule has 0 amide bonds. The maximum Gasteiger partial charge on any atom is 0.139 e. The first-order chi connectivity index (χ1) is 8.90. The summed E-state index contributed by atoms with van der Waals surface area (Å²) in [7, 11) is 0. The first kappa shape index (κ1) is 11.5. The van der Waals surface area contributed by atoms with Crippen LogP contribution >= 0.6 is 0 Å². The molecule has 2 aromatic rings. The Kier molecular flexibility index (Phi) is 3.19. The molecule has 1 fully saturated rings. The van der Waals surface area contributed by atoms with Crippen molar-refractivity contribution in [3.63, 3.8) is 0 Å². The SMILES string of the molecule is OCCCC1CCCN1c1nccc2occc12. The molecule has 0 aliphatic carbocycles. The Morgan fingerprint density at radius 1 is 1.44 bits per heavy atom. The average molecular weight is 246 g/mol. The van der Waals surface area contributed by atoms with Crippen molar-refractivity contribution in [3.05, 3.63) is 24.6 Å². The lowest BCUT2D eigenvalue weighted by molar-refractivity contribution is 0.279. The van der Waals surface area contributed by atoms with Crippen LogP contribution in [0.15, 0.2) is 29.0 Å². The third-order valence-electron chi connectivity index (χ3n) is 3.70. The van der Waals surface area contributed by atoms with E-state index in [1.165, 1.54) is 12.8 Å². The van der Waals surface area contributed by atoms with E-state index in [2.05, 4.69) is 9.88 Å². The second-order valence-corrected chi connectivity index (χ2v) is 4.82. The molecule has 3 heterocycles. The Bertz CT molecular complexity index is 523. The quantitative estimate of drug-likeness (QED) is 0.900. The van der Waals surface area contributed by atoms with E-state index in [0.717, 1.165) is 36.2 Å². The van der Waals surface area contributed by atoms with E-state index in [1.54, 1.807) is 6.26 Å². The van der Waals surface area contributed by atoms with Gasteiger partial charge in [0.25, 0.3) is 0 Å². The van der Waals surface area contributed by atoms with Gasteiger partial charge in [0.1, 0.15) is 11.4 Å². The van der Waals surface area contributed by atoms with Crippen LogP contribution in [-0.2, 0) is 0 Å². The zero-order chi connectivity index (χ0) is 12.4. The van der Waals surface area contributed by atoms with E-state index < -0.39 is 0 Å². The maximum atomic E-state index is 8.97. The average Bonchev–Trinajstić information content (AvgIpc) is 3.04. The van der Waals surface area contributed by atoms with E-state index in [1.807, 2.05) is 18.3 Å². The molecule has 1 aliphatic heterocycles. The lowest BCUT2D eigenvalue weighted by Crippen LogP contribution is -2.30. The van der Waals surface area contributed by atoms with Crippen LogP contribution in [0.1, 0.15) is 25.7 Å². The zero-order valence-corrected chi connectivity index (χ0v) is 10.4. The standard InChI is InChI=1S/C14H18N2O2/c17-9-2-4-11-3-1-8-16(11)14-12-6-10-18-13(12)5-7-15-14/h5-7,10-11,17H,1-4,8-9H2. The minimum atomic E-state index is 0.272. The fourth-order valence-electron chi connectivity index (χ4n) is 2.85. The molecule has 0 radical (unpaired) electrons. The van der Waals surface area contributed by atoms with Crippen molar-refractivity contribution in [2.45, 2.75) is 31.7 Å². The summed E-state index contributed by atoms with van der Waals surface area (Å²) >= 11 is 0. The monoisotopic (exact) mass is 246 g/mol. The Labute approximate surface area is 106 Å². The van der Waals surface area contributed by atoms with Gasteiger partial charge in [0.05, 0.1) is 11.6 Å². The van der Waals surface area contributed by atoms with E-state index >= 15 is 0 Å². The number of aliphatic hydroxyl groups excluding tert-OH is 1. The first-order valence-corrected chi connectivity index (χ1v) is 6.60. The number of aliphatic hydroxyl groups is 1. The number of anilines is 1. The second kappa shape index (κ2) is 4.98. The highest BCUT2D eigenvalue weighted by molar-refractivity contribution is 5.88. The van der Waals surface area contributed by atoms with Gasteiger partial charge in [-0.15, -0.1) is 0 Å². The minimum Gasteiger partial charge on any atom is -0.464 e. The molecule has 0 aromatic carbocycles. The van der Waals surface area contributed by atoms with E-state index in [4.69, 9.17) is 9.52 Å². The fraction of sp³-hybridized carbons (Fsp3) is 0.500. The number of fused-ring (bicyclic) bond motifs is 1. The number of rotatable bonds is 4. The summed E-state index contributed by atoms with van der Waals surface area (Å²) in [4.78, 5) is 6.89.